The maximum Gasteiger partial charge on any atom is 0.322 e. The highest BCUT2D eigenvalue weighted by molar-refractivity contribution is 6.36. The van der Waals surface area contributed by atoms with Gasteiger partial charge in [-0.1, -0.05) is 70.7 Å². The predicted molar refractivity (Wildman–Crippen MR) is 130 cm³/mol. The SMILES string of the molecule is O=C(Nc1ccccc1Cl)N1CCN(c2ccc(Cl)cc2Cl)C(c2ccc(Cl)cc2)C1. The Hall–Kier alpha value is -2.11. The van der Waals surface area contributed by atoms with E-state index in [-0.39, 0.29) is 12.1 Å². The van der Waals surface area contributed by atoms with Gasteiger partial charge in [0, 0.05) is 29.7 Å². The van der Waals surface area contributed by atoms with E-state index < -0.39 is 0 Å². The molecule has 1 aliphatic heterocycles. The lowest BCUT2D eigenvalue weighted by atomic mass is 10.0. The summed E-state index contributed by atoms with van der Waals surface area (Å²) in [5.41, 5.74) is 2.49. The van der Waals surface area contributed by atoms with Gasteiger partial charge in [-0.15, -0.1) is 0 Å². The van der Waals surface area contributed by atoms with Gasteiger partial charge in [0.1, 0.15) is 0 Å². The second-order valence-corrected chi connectivity index (χ2v) is 8.90. The third-order valence-electron chi connectivity index (χ3n) is 5.26. The van der Waals surface area contributed by atoms with Crippen molar-refractivity contribution in [1.29, 1.82) is 0 Å². The molecule has 4 rings (SSSR count). The molecule has 0 aliphatic carbocycles. The molecule has 1 heterocycles. The molecule has 1 aliphatic rings. The fourth-order valence-corrected chi connectivity index (χ4v) is 4.52. The minimum atomic E-state index is -0.200. The number of halogens is 4. The van der Waals surface area contributed by atoms with E-state index in [0.717, 1.165) is 11.3 Å². The molecule has 3 aromatic rings. The van der Waals surface area contributed by atoms with Crippen LogP contribution in [0.15, 0.2) is 66.7 Å². The van der Waals surface area contributed by atoms with Crippen LogP contribution >= 0.6 is 46.4 Å². The highest BCUT2D eigenvalue weighted by Gasteiger charge is 2.32. The van der Waals surface area contributed by atoms with Crippen LogP contribution in [0.2, 0.25) is 20.1 Å². The van der Waals surface area contributed by atoms with Crippen LogP contribution < -0.4 is 10.2 Å². The summed E-state index contributed by atoms with van der Waals surface area (Å²) in [6.07, 6.45) is 0. The monoisotopic (exact) mass is 493 g/mol. The highest BCUT2D eigenvalue weighted by Crippen LogP contribution is 2.37. The van der Waals surface area contributed by atoms with Gasteiger partial charge in [0.05, 0.1) is 27.5 Å². The topological polar surface area (TPSA) is 35.6 Å². The highest BCUT2D eigenvalue weighted by atomic mass is 35.5. The summed E-state index contributed by atoms with van der Waals surface area (Å²) >= 11 is 24.9. The molecule has 1 unspecified atom stereocenters. The van der Waals surface area contributed by atoms with Crippen LogP contribution in [0.1, 0.15) is 11.6 Å². The Morgan fingerprint density at radius 3 is 2.26 bits per heavy atom. The molecule has 0 saturated carbocycles. The van der Waals surface area contributed by atoms with E-state index in [1.54, 1.807) is 23.1 Å². The van der Waals surface area contributed by atoms with E-state index in [1.165, 1.54) is 0 Å². The molecule has 0 radical (unpaired) electrons. The minimum Gasteiger partial charge on any atom is -0.360 e. The first-order valence-electron chi connectivity index (χ1n) is 9.70. The van der Waals surface area contributed by atoms with E-state index in [2.05, 4.69) is 10.2 Å². The van der Waals surface area contributed by atoms with Crippen molar-refractivity contribution in [1.82, 2.24) is 4.90 Å². The van der Waals surface area contributed by atoms with E-state index in [0.29, 0.717) is 45.4 Å². The van der Waals surface area contributed by atoms with Gasteiger partial charge in [-0.3, -0.25) is 0 Å². The van der Waals surface area contributed by atoms with E-state index in [9.17, 15) is 4.79 Å². The number of hydrogen-bond acceptors (Lipinski definition) is 2. The molecule has 160 valence electrons. The maximum absolute atomic E-state index is 13.0. The molecule has 1 N–H and O–H groups in total. The second kappa shape index (κ2) is 9.58. The van der Waals surface area contributed by atoms with Gasteiger partial charge in [0.2, 0.25) is 0 Å². The number of amides is 2. The van der Waals surface area contributed by atoms with E-state index in [4.69, 9.17) is 46.4 Å². The van der Waals surface area contributed by atoms with Gasteiger partial charge in [-0.05, 0) is 48.0 Å². The van der Waals surface area contributed by atoms with Crippen LogP contribution in [-0.4, -0.2) is 30.6 Å². The van der Waals surface area contributed by atoms with Gasteiger partial charge in [0.25, 0.3) is 0 Å². The average Bonchev–Trinajstić information content (AvgIpc) is 2.76. The number of nitrogens with one attached hydrogen (secondary N) is 1. The van der Waals surface area contributed by atoms with Gasteiger partial charge in [-0.25, -0.2) is 4.79 Å². The van der Waals surface area contributed by atoms with Crippen LogP contribution in [0.25, 0.3) is 0 Å². The Morgan fingerprint density at radius 1 is 0.839 bits per heavy atom. The first-order valence-corrected chi connectivity index (χ1v) is 11.2. The molecule has 0 spiro atoms. The van der Waals surface area contributed by atoms with Crippen molar-refractivity contribution in [3.63, 3.8) is 0 Å². The number of rotatable bonds is 3. The molecule has 8 heteroatoms. The number of urea groups is 1. The Bertz CT molecular complexity index is 1090. The summed E-state index contributed by atoms with van der Waals surface area (Å²) in [5.74, 6) is 0. The van der Waals surface area contributed by atoms with E-state index >= 15 is 0 Å². The molecular formula is C23H19Cl4N3O. The second-order valence-electron chi connectivity index (χ2n) is 7.21. The lowest BCUT2D eigenvalue weighted by molar-refractivity contribution is 0.198. The zero-order valence-electron chi connectivity index (χ0n) is 16.4. The molecule has 1 fully saturated rings. The summed E-state index contributed by atoms with van der Waals surface area (Å²) in [6.45, 7) is 1.60. The zero-order chi connectivity index (χ0) is 22.0. The van der Waals surface area contributed by atoms with Gasteiger partial charge < -0.3 is 15.1 Å². The number of piperazine rings is 1. The average molecular weight is 495 g/mol. The van der Waals surface area contributed by atoms with Gasteiger partial charge in [0.15, 0.2) is 0 Å². The molecule has 1 atom stereocenters. The number of benzene rings is 3. The third kappa shape index (κ3) is 5.04. The van der Waals surface area contributed by atoms with Gasteiger partial charge in [-0.2, -0.15) is 0 Å². The summed E-state index contributed by atoms with van der Waals surface area (Å²) < 4.78 is 0. The molecule has 0 bridgehead atoms. The fraction of sp³-hybridized carbons (Fsp3) is 0.174. The molecule has 31 heavy (non-hydrogen) atoms. The lowest BCUT2D eigenvalue weighted by Crippen LogP contribution is -2.51. The zero-order valence-corrected chi connectivity index (χ0v) is 19.4. The van der Waals surface area contributed by atoms with Crippen molar-refractivity contribution >= 4 is 63.8 Å². The summed E-state index contributed by atoms with van der Waals surface area (Å²) in [7, 11) is 0. The summed E-state index contributed by atoms with van der Waals surface area (Å²) in [6, 6.07) is 20.0. The number of anilines is 2. The van der Waals surface area contributed by atoms with Crippen LogP contribution in [0, 0.1) is 0 Å². The summed E-state index contributed by atoms with van der Waals surface area (Å²) in [4.78, 5) is 17.0. The normalized spacial score (nSPS) is 16.3. The number of carbonyl (C=O) groups is 1. The van der Waals surface area contributed by atoms with Crippen LogP contribution in [0.5, 0.6) is 0 Å². The summed E-state index contributed by atoms with van der Waals surface area (Å²) in [5, 5.41) is 5.21. The Kier molecular flexibility index (Phi) is 6.83. The van der Waals surface area contributed by atoms with Crippen molar-refractivity contribution in [2.24, 2.45) is 0 Å². The fourth-order valence-electron chi connectivity index (χ4n) is 3.70. The van der Waals surface area contributed by atoms with E-state index in [1.807, 2.05) is 48.5 Å². The Labute approximate surface area is 201 Å². The van der Waals surface area contributed by atoms with Gasteiger partial charge >= 0.3 is 6.03 Å². The third-order valence-corrected chi connectivity index (χ3v) is 6.38. The predicted octanol–water partition coefficient (Wildman–Crippen LogP) is 7.40. The number of para-hydroxylation sites is 1. The number of nitrogens with zero attached hydrogens (tertiary/aromatic N) is 2. The standard InChI is InChI=1S/C23H19Cl4N3O/c24-16-7-5-15(6-8-16)22-14-29(23(31)28-20-4-2-1-3-18(20)26)11-12-30(22)21-10-9-17(25)13-19(21)27/h1-10,13,22H,11-12,14H2,(H,28,31). The van der Waals surface area contributed by atoms with Crippen molar-refractivity contribution < 1.29 is 4.79 Å². The first kappa shape index (κ1) is 22.1. The van der Waals surface area contributed by atoms with Crippen molar-refractivity contribution in [2.75, 3.05) is 29.9 Å². The molecule has 0 aromatic heterocycles. The molecule has 3 aromatic carbocycles. The number of carbonyl (C=O) groups excluding carboxylic acids is 1. The van der Waals surface area contributed by atoms with Crippen molar-refractivity contribution in [3.8, 4) is 0 Å². The molecular weight excluding hydrogens is 476 g/mol. The largest absolute Gasteiger partial charge is 0.360 e. The molecule has 2 amide bonds. The number of hydrogen-bond donors (Lipinski definition) is 1. The Morgan fingerprint density at radius 2 is 1.55 bits per heavy atom. The Balaban J connectivity index is 1.61. The molecule has 4 nitrogen and oxygen atoms in total. The maximum atomic E-state index is 13.0. The first-order chi connectivity index (χ1) is 14.9. The molecule has 1 saturated heterocycles. The smallest absolute Gasteiger partial charge is 0.322 e. The van der Waals surface area contributed by atoms with Crippen molar-refractivity contribution in [2.45, 2.75) is 6.04 Å². The van der Waals surface area contributed by atoms with Crippen LogP contribution in [0.4, 0.5) is 16.2 Å². The van der Waals surface area contributed by atoms with Crippen LogP contribution in [0.3, 0.4) is 0 Å². The lowest BCUT2D eigenvalue weighted by Gasteiger charge is -2.43. The quantitative estimate of drug-likeness (QED) is 0.411. The van der Waals surface area contributed by atoms with Crippen molar-refractivity contribution in [3.05, 3.63) is 92.4 Å². The minimum absolute atomic E-state index is 0.110. The van der Waals surface area contributed by atoms with Crippen LogP contribution in [-0.2, 0) is 0 Å².